The van der Waals surface area contributed by atoms with Gasteiger partial charge in [-0.25, -0.2) is 0 Å². The number of nitrogens with zero attached hydrogens (tertiary/aromatic N) is 2. The lowest BCUT2D eigenvalue weighted by molar-refractivity contribution is 0.0938. The zero-order chi connectivity index (χ0) is 24.7. The molecule has 5 heteroatoms. The summed E-state index contributed by atoms with van der Waals surface area (Å²) < 4.78 is 0. The highest BCUT2D eigenvalue weighted by atomic mass is 16.1. The lowest BCUT2D eigenvalue weighted by atomic mass is 10.0. The van der Waals surface area contributed by atoms with Crippen LogP contribution in [-0.2, 0) is 6.42 Å². The van der Waals surface area contributed by atoms with Crippen LogP contribution in [0.15, 0.2) is 84.9 Å². The maximum atomic E-state index is 12.7. The summed E-state index contributed by atoms with van der Waals surface area (Å²) in [5.41, 5.74) is 7.21. The normalized spacial score (nSPS) is 14.4. The number of carbonyl (C=O) groups excluding carboxylic acids is 1. The van der Waals surface area contributed by atoms with Gasteiger partial charge < -0.3 is 10.2 Å². The third-order valence-electron chi connectivity index (χ3n) is 7.01. The molecule has 1 atom stereocenters. The molecule has 5 nitrogen and oxygen atoms in total. The molecule has 1 aliphatic rings. The Balaban J connectivity index is 1.18. The summed E-state index contributed by atoms with van der Waals surface area (Å²) in [4.78, 5) is 15.2. The fourth-order valence-electron chi connectivity index (χ4n) is 4.82. The van der Waals surface area contributed by atoms with Gasteiger partial charge >= 0.3 is 0 Å². The molecule has 36 heavy (non-hydrogen) atoms. The first-order valence-corrected chi connectivity index (χ1v) is 13.0. The van der Waals surface area contributed by atoms with Crippen molar-refractivity contribution >= 4 is 11.6 Å². The summed E-state index contributed by atoms with van der Waals surface area (Å²) in [5.74, 6) is -0.0405. The van der Waals surface area contributed by atoms with Crippen LogP contribution in [0.5, 0.6) is 0 Å². The average molecular weight is 479 g/mol. The van der Waals surface area contributed by atoms with Crippen molar-refractivity contribution in [3.8, 4) is 22.5 Å². The van der Waals surface area contributed by atoms with Gasteiger partial charge in [0.1, 0.15) is 0 Å². The number of aromatic amines is 1. The molecule has 0 spiro atoms. The van der Waals surface area contributed by atoms with Crippen molar-refractivity contribution in [3.63, 3.8) is 0 Å². The number of aryl methyl sites for hydroxylation is 1. The first-order valence-electron chi connectivity index (χ1n) is 13.0. The molecule has 2 N–H and O–H groups in total. The van der Waals surface area contributed by atoms with Gasteiger partial charge in [-0.2, -0.15) is 5.10 Å². The minimum atomic E-state index is -0.0405. The van der Waals surface area contributed by atoms with Gasteiger partial charge in [-0.1, -0.05) is 54.6 Å². The minimum Gasteiger partial charge on any atom is -0.372 e. The molecule has 4 aromatic rings. The Kier molecular flexibility index (Phi) is 7.46. The molecular weight excluding hydrogens is 444 g/mol. The smallest absolute Gasteiger partial charge is 0.251 e. The van der Waals surface area contributed by atoms with Crippen molar-refractivity contribution in [1.29, 1.82) is 0 Å². The molecule has 2 heterocycles. The highest BCUT2D eigenvalue weighted by molar-refractivity contribution is 5.94. The number of hydrogen-bond donors (Lipinski definition) is 2. The number of amides is 1. The second-order valence-corrected chi connectivity index (χ2v) is 9.74. The van der Waals surface area contributed by atoms with Crippen molar-refractivity contribution in [2.75, 3.05) is 18.0 Å². The first kappa shape index (κ1) is 23.9. The van der Waals surface area contributed by atoms with Crippen molar-refractivity contribution in [3.05, 3.63) is 96.1 Å². The van der Waals surface area contributed by atoms with Crippen molar-refractivity contribution in [2.24, 2.45) is 0 Å². The minimum absolute atomic E-state index is 0.0405. The third-order valence-corrected chi connectivity index (χ3v) is 7.01. The summed E-state index contributed by atoms with van der Waals surface area (Å²) in [6.45, 7) is 4.35. The number of piperidine rings is 1. The molecule has 1 amide bonds. The van der Waals surface area contributed by atoms with Crippen LogP contribution < -0.4 is 10.2 Å². The van der Waals surface area contributed by atoms with Crippen LogP contribution in [0.3, 0.4) is 0 Å². The summed E-state index contributed by atoms with van der Waals surface area (Å²) in [5, 5.41) is 10.8. The molecule has 0 radical (unpaired) electrons. The Hall–Kier alpha value is -3.86. The molecule has 184 valence electrons. The van der Waals surface area contributed by atoms with Crippen LogP contribution in [0.2, 0.25) is 0 Å². The number of nitrogens with one attached hydrogen (secondary N) is 2. The topological polar surface area (TPSA) is 61.0 Å². The van der Waals surface area contributed by atoms with E-state index >= 15 is 0 Å². The third kappa shape index (κ3) is 5.85. The maximum absolute atomic E-state index is 12.7. The van der Waals surface area contributed by atoms with E-state index in [0.29, 0.717) is 5.56 Å². The van der Waals surface area contributed by atoms with Gasteiger partial charge in [-0.3, -0.25) is 9.89 Å². The fraction of sp³-hybridized carbons (Fsp3) is 0.290. The van der Waals surface area contributed by atoms with Crippen molar-refractivity contribution < 1.29 is 4.79 Å². The van der Waals surface area contributed by atoms with E-state index in [0.717, 1.165) is 48.4 Å². The predicted molar refractivity (Wildman–Crippen MR) is 147 cm³/mol. The van der Waals surface area contributed by atoms with E-state index in [1.807, 2.05) is 30.3 Å². The standard InChI is InChI=1S/C31H34N4O/c1-23(10-11-24-8-4-2-5-9-24)32-31(36)27-14-12-25(13-15-27)29-22-30(34-33-29)26-16-18-28(19-17-26)35-20-6-3-7-21-35/h2,4-5,8-9,12-19,22-23H,3,6-7,10-11,20-21H2,1H3,(H,32,36)(H,33,34)/t23-/m0/s1. The van der Waals surface area contributed by atoms with Crippen LogP contribution >= 0.6 is 0 Å². The molecule has 1 aliphatic heterocycles. The van der Waals surface area contributed by atoms with Gasteiger partial charge in [-0.05, 0) is 80.5 Å². The Bertz CT molecular complexity index is 1260. The van der Waals surface area contributed by atoms with E-state index in [1.54, 1.807) is 0 Å². The molecule has 0 bridgehead atoms. The molecule has 1 aromatic heterocycles. The van der Waals surface area contributed by atoms with Gasteiger partial charge in [0.05, 0.1) is 11.4 Å². The Morgan fingerprint density at radius 3 is 2.33 bits per heavy atom. The van der Waals surface area contributed by atoms with Gasteiger partial charge in [0.25, 0.3) is 5.91 Å². The Labute approximate surface area is 213 Å². The van der Waals surface area contributed by atoms with Crippen LogP contribution in [-0.4, -0.2) is 35.2 Å². The summed E-state index contributed by atoms with van der Waals surface area (Å²) in [6.07, 6.45) is 5.74. The Morgan fingerprint density at radius 2 is 1.61 bits per heavy atom. The van der Waals surface area contributed by atoms with E-state index in [9.17, 15) is 4.79 Å². The molecule has 5 rings (SSSR count). The van der Waals surface area contributed by atoms with Crippen LogP contribution in [0.1, 0.15) is 48.5 Å². The SMILES string of the molecule is C[C@@H](CCc1ccccc1)NC(=O)c1ccc(-c2cc(-c3ccc(N4CCCCC4)cc3)n[nH]2)cc1. The number of carbonyl (C=O) groups is 1. The molecule has 0 aliphatic carbocycles. The second kappa shape index (κ2) is 11.3. The largest absolute Gasteiger partial charge is 0.372 e. The molecule has 1 saturated heterocycles. The van der Waals surface area contributed by atoms with Crippen LogP contribution in [0.25, 0.3) is 22.5 Å². The summed E-state index contributed by atoms with van der Waals surface area (Å²) in [7, 11) is 0. The van der Waals surface area contributed by atoms with E-state index in [2.05, 4.69) is 81.9 Å². The molecule has 0 saturated carbocycles. The van der Waals surface area contributed by atoms with Gasteiger partial charge in [0, 0.05) is 35.9 Å². The van der Waals surface area contributed by atoms with Crippen LogP contribution in [0, 0.1) is 0 Å². The highest BCUT2D eigenvalue weighted by Gasteiger charge is 2.13. The number of anilines is 1. The second-order valence-electron chi connectivity index (χ2n) is 9.74. The molecule has 0 unspecified atom stereocenters. The number of H-pyrrole nitrogens is 1. The van der Waals surface area contributed by atoms with Gasteiger partial charge in [-0.15, -0.1) is 0 Å². The number of hydrogen-bond acceptors (Lipinski definition) is 3. The molecule has 1 fully saturated rings. The average Bonchev–Trinajstić information content (AvgIpc) is 3.44. The number of aromatic nitrogens is 2. The van der Waals surface area contributed by atoms with Crippen LogP contribution in [0.4, 0.5) is 5.69 Å². The maximum Gasteiger partial charge on any atom is 0.251 e. The highest BCUT2D eigenvalue weighted by Crippen LogP contribution is 2.27. The first-order chi connectivity index (χ1) is 17.7. The van der Waals surface area contributed by atoms with Crippen molar-refractivity contribution in [1.82, 2.24) is 15.5 Å². The molecule has 3 aromatic carbocycles. The lowest BCUT2D eigenvalue weighted by Gasteiger charge is -2.28. The number of benzene rings is 3. The van der Waals surface area contributed by atoms with E-state index in [-0.39, 0.29) is 11.9 Å². The summed E-state index contributed by atoms with van der Waals surface area (Å²) in [6, 6.07) is 28.9. The van der Waals surface area contributed by atoms with Crippen molar-refractivity contribution in [2.45, 2.75) is 45.1 Å². The zero-order valence-electron chi connectivity index (χ0n) is 20.9. The number of rotatable bonds is 8. The van der Waals surface area contributed by atoms with Gasteiger partial charge in [0.15, 0.2) is 0 Å². The zero-order valence-corrected chi connectivity index (χ0v) is 20.9. The monoisotopic (exact) mass is 478 g/mol. The predicted octanol–water partition coefficient (Wildman–Crippen LogP) is 6.49. The van der Waals surface area contributed by atoms with E-state index in [1.165, 1.54) is 30.5 Å². The molecular formula is C31H34N4O. The lowest BCUT2D eigenvalue weighted by Crippen LogP contribution is -2.32. The fourth-order valence-corrected chi connectivity index (χ4v) is 4.82. The Morgan fingerprint density at radius 1 is 0.917 bits per heavy atom. The quantitative estimate of drug-likeness (QED) is 0.304. The van der Waals surface area contributed by atoms with Gasteiger partial charge in [0.2, 0.25) is 0 Å². The van der Waals surface area contributed by atoms with E-state index < -0.39 is 0 Å². The van der Waals surface area contributed by atoms with E-state index in [4.69, 9.17) is 0 Å². The summed E-state index contributed by atoms with van der Waals surface area (Å²) >= 11 is 0.